The van der Waals surface area contributed by atoms with Crippen LogP contribution in [0.1, 0.15) is 25.2 Å². The summed E-state index contributed by atoms with van der Waals surface area (Å²) in [6.07, 6.45) is 3.62. The molecule has 0 amide bonds. The number of nitrogens with zero attached hydrogens (tertiary/aromatic N) is 3. The van der Waals surface area contributed by atoms with Gasteiger partial charge in [-0.15, -0.1) is 0 Å². The average Bonchev–Trinajstić information content (AvgIpc) is 2.99. The normalized spacial score (nSPS) is 19.5. The highest BCUT2D eigenvalue weighted by Crippen LogP contribution is 2.22. The van der Waals surface area contributed by atoms with Crippen molar-refractivity contribution in [2.24, 2.45) is 0 Å². The monoisotopic (exact) mass is 321 g/mol. The highest BCUT2D eigenvalue weighted by molar-refractivity contribution is 6.30. The van der Waals surface area contributed by atoms with E-state index in [4.69, 9.17) is 20.9 Å². The van der Waals surface area contributed by atoms with Crippen LogP contribution in [0.15, 0.2) is 28.8 Å². The molecule has 0 saturated carbocycles. The third kappa shape index (κ3) is 3.66. The van der Waals surface area contributed by atoms with Crippen LogP contribution in [0.5, 0.6) is 0 Å². The molecular weight excluding hydrogens is 302 g/mol. The van der Waals surface area contributed by atoms with E-state index >= 15 is 0 Å². The lowest BCUT2D eigenvalue weighted by atomic mass is 10.0. The lowest BCUT2D eigenvalue weighted by Crippen LogP contribution is -2.41. The second-order valence-corrected chi connectivity index (χ2v) is 6.03. The van der Waals surface area contributed by atoms with Crippen LogP contribution in [-0.2, 0) is 11.3 Å². The Morgan fingerprint density at radius 3 is 2.91 bits per heavy atom. The van der Waals surface area contributed by atoms with Gasteiger partial charge in [0.05, 0.1) is 13.2 Å². The highest BCUT2D eigenvalue weighted by Gasteiger charge is 2.24. The molecule has 2 aromatic rings. The number of halogens is 1. The molecule has 1 saturated heterocycles. The van der Waals surface area contributed by atoms with Crippen LogP contribution >= 0.6 is 11.6 Å². The summed E-state index contributed by atoms with van der Waals surface area (Å²) in [4.78, 5) is 6.86. The number of benzene rings is 1. The molecule has 3 rings (SSSR count). The first kappa shape index (κ1) is 15.5. The van der Waals surface area contributed by atoms with Gasteiger partial charge in [-0.3, -0.25) is 4.90 Å². The van der Waals surface area contributed by atoms with E-state index in [1.54, 1.807) is 7.11 Å². The van der Waals surface area contributed by atoms with Crippen molar-refractivity contribution in [2.45, 2.75) is 31.8 Å². The average molecular weight is 322 g/mol. The van der Waals surface area contributed by atoms with E-state index in [2.05, 4.69) is 15.0 Å². The van der Waals surface area contributed by atoms with Gasteiger partial charge in [-0.1, -0.05) is 23.2 Å². The SMILES string of the molecule is COC[C@H]1CCCCN1Cc1nc(-c2ccc(Cl)cc2)no1. The van der Waals surface area contributed by atoms with Gasteiger partial charge >= 0.3 is 0 Å². The smallest absolute Gasteiger partial charge is 0.241 e. The summed E-state index contributed by atoms with van der Waals surface area (Å²) in [5.41, 5.74) is 0.909. The molecule has 22 heavy (non-hydrogen) atoms. The van der Waals surface area contributed by atoms with Gasteiger partial charge in [0.1, 0.15) is 0 Å². The Balaban J connectivity index is 1.69. The summed E-state index contributed by atoms with van der Waals surface area (Å²) < 4.78 is 10.7. The molecule has 5 nitrogen and oxygen atoms in total. The minimum absolute atomic E-state index is 0.435. The van der Waals surface area contributed by atoms with Crippen LogP contribution in [0.4, 0.5) is 0 Å². The van der Waals surface area contributed by atoms with E-state index in [0.717, 1.165) is 25.1 Å². The van der Waals surface area contributed by atoms with Crippen LogP contribution < -0.4 is 0 Å². The summed E-state index contributed by atoms with van der Waals surface area (Å²) in [5, 5.41) is 4.76. The Bertz CT molecular complexity index is 598. The number of ether oxygens (including phenoxy) is 1. The summed E-state index contributed by atoms with van der Waals surface area (Å²) in [7, 11) is 1.75. The quantitative estimate of drug-likeness (QED) is 0.845. The minimum Gasteiger partial charge on any atom is -0.383 e. The third-order valence-electron chi connectivity index (χ3n) is 4.02. The molecule has 118 valence electrons. The van der Waals surface area contributed by atoms with Gasteiger partial charge in [0.2, 0.25) is 11.7 Å². The Morgan fingerprint density at radius 2 is 2.14 bits per heavy atom. The van der Waals surface area contributed by atoms with Crippen LogP contribution in [0.3, 0.4) is 0 Å². The Morgan fingerprint density at radius 1 is 1.32 bits per heavy atom. The van der Waals surface area contributed by atoms with Crippen molar-refractivity contribution in [3.63, 3.8) is 0 Å². The van der Waals surface area contributed by atoms with Crippen molar-refractivity contribution in [1.29, 1.82) is 0 Å². The zero-order valence-corrected chi connectivity index (χ0v) is 13.4. The minimum atomic E-state index is 0.435. The first-order valence-corrected chi connectivity index (χ1v) is 7.95. The second kappa shape index (κ2) is 7.22. The molecule has 1 aromatic heterocycles. The van der Waals surface area contributed by atoms with Crippen LogP contribution in [0, 0.1) is 0 Å². The highest BCUT2D eigenvalue weighted by atomic mass is 35.5. The number of methoxy groups -OCH3 is 1. The number of hydrogen-bond acceptors (Lipinski definition) is 5. The van der Waals surface area contributed by atoms with E-state index in [-0.39, 0.29) is 0 Å². The fourth-order valence-corrected chi connectivity index (χ4v) is 2.98. The Hall–Kier alpha value is -1.43. The molecule has 1 atom stereocenters. The molecule has 1 fully saturated rings. The van der Waals surface area contributed by atoms with Crippen molar-refractivity contribution in [1.82, 2.24) is 15.0 Å². The topological polar surface area (TPSA) is 51.4 Å². The number of rotatable bonds is 5. The molecule has 1 aliphatic rings. The lowest BCUT2D eigenvalue weighted by molar-refractivity contribution is 0.0532. The molecule has 2 heterocycles. The fraction of sp³-hybridized carbons (Fsp3) is 0.500. The van der Waals surface area contributed by atoms with Gasteiger partial charge in [0.25, 0.3) is 0 Å². The van der Waals surface area contributed by atoms with Crippen molar-refractivity contribution in [3.05, 3.63) is 35.2 Å². The molecule has 1 aromatic carbocycles. The molecule has 0 bridgehead atoms. The van der Waals surface area contributed by atoms with E-state index in [1.165, 1.54) is 12.8 Å². The lowest BCUT2D eigenvalue weighted by Gasteiger charge is -2.34. The maximum atomic E-state index is 5.90. The molecule has 0 aliphatic carbocycles. The predicted octanol–water partition coefficient (Wildman–Crippen LogP) is 3.39. The van der Waals surface area contributed by atoms with Gasteiger partial charge in [0.15, 0.2) is 0 Å². The van der Waals surface area contributed by atoms with Crippen LogP contribution in [0.2, 0.25) is 5.02 Å². The number of hydrogen-bond donors (Lipinski definition) is 0. The van der Waals surface area contributed by atoms with Crippen LogP contribution in [0.25, 0.3) is 11.4 Å². The zero-order valence-electron chi connectivity index (χ0n) is 12.7. The summed E-state index contributed by atoms with van der Waals surface area (Å²) in [5.74, 6) is 1.25. The molecule has 0 spiro atoms. The summed E-state index contributed by atoms with van der Waals surface area (Å²) in [6, 6.07) is 7.87. The van der Waals surface area contributed by atoms with Crippen LogP contribution in [-0.4, -0.2) is 41.3 Å². The van der Waals surface area contributed by atoms with Gasteiger partial charge in [-0.25, -0.2) is 0 Å². The molecule has 0 radical (unpaired) electrons. The van der Waals surface area contributed by atoms with Gasteiger partial charge < -0.3 is 9.26 Å². The maximum absolute atomic E-state index is 5.90. The molecule has 0 N–H and O–H groups in total. The van der Waals surface area contributed by atoms with Gasteiger partial charge in [0, 0.05) is 23.7 Å². The predicted molar refractivity (Wildman–Crippen MR) is 84.7 cm³/mol. The second-order valence-electron chi connectivity index (χ2n) is 5.59. The number of piperidine rings is 1. The van der Waals surface area contributed by atoms with Gasteiger partial charge in [-0.2, -0.15) is 4.98 Å². The molecular formula is C16H20ClN3O2. The molecule has 0 unspecified atom stereocenters. The zero-order chi connectivity index (χ0) is 15.4. The van der Waals surface area contributed by atoms with E-state index in [9.17, 15) is 0 Å². The van der Waals surface area contributed by atoms with E-state index < -0.39 is 0 Å². The van der Waals surface area contributed by atoms with E-state index in [0.29, 0.717) is 29.3 Å². The third-order valence-corrected chi connectivity index (χ3v) is 4.27. The van der Waals surface area contributed by atoms with Crippen molar-refractivity contribution < 1.29 is 9.26 Å². The molecule has 1 aliphatic heterocycles. The fourth-order valence-electron chi connectivity index (χ4n) is 2.86. The van der Waals surface area contributed by atoms with Crippen molar-refractivity contribution >= 4 is 11.6 Å². The summed E-state index contributed by atoms with van der Waals surface area (Å²) >= 11 is 5.90. The summed E-state index contributed by atoms with van der Waals surface area (Å²) in [6.45, 7) is 2.47. The van der Waals surface area contributed by atoms with E-state index in [1.807, 2.05) is 24.3 Å². The first-order valence-electron chi connectivity index (χ1n) is 7.58. The van der Waals surface area contributed by atoms with Crippen molar-refractivity contribution in [3.8, 4) is 11.4 Å². The first-order chi connectivity index (χ1) is 10.8. The maximum Gasteiger partial charge on any atom is 0.241 e. The standard InChI is InChI=1S/C16H20ClN3O2/c1-21-11-14-4-2-3-9-20(14)10-15-18-16(19-22-15)12-5-7-13(17)8-6-12/h5-8,14H,2-4,9-11H2,1H3/t14-/m1/s1. The Kier molecular flexibility index (Phi) is 5.08. The molecule has 6 heteroatoms. The number of aromatic nitrogens is 2. The van der Waals surface area contributed by atoms with Gasteiger partial charge in [-0.05, 0) is 43.7 Å². The number of likely N-dealkylation sites (tertiary alicyclic amines) is 1. The van der Waals surface area contributed by atoms with Crippen molar-refractivity contribution in [2.75, 3.05) is 20.3 Å². The largest absolute Gasteiger partial charge is 0.383 e. The Labute approximate surface area is 135 Å².